The third kappa shape index (κ3) is 7.41. The number of carbonyl (C=O) groups is 2. The molecule has 0 fully saturated rings. The summed E-state index contributed by atoms with van der Waals surface area (Å²) < 4.78 is 41.5. The molecule has 0 aliphatic heterocycles. The highest BCUT2D eigenvalue weighted by atomic mass is 32.2. The average Bonchev–Trinajstić information content (AvgIpc) is 2.87. The number of hydrogen-bond donors (Lipinski definition) is 1. The Bertz CT molecular complexity index is 1380. The lowest BCUT2D eigenvalue weighted by molar-refractivity contribution is -0.140. The molecule has 0 saturated heterocycles. The van der Waals surface area contributed by atoms with Crippen LogP contribution in [-0.4, -0.2) is 50.5 Å². The first-order valence-electron chi connectivity index (χ1n) is 12.4. The lowest BCUT2D eigenvalue weighted by atomic mass is 10.0. The van der Waals surface area contributed by atoms with Crippen LogP contribution < -0.4 is 9.62 Å². The molecule has 9 heteroatoms. The molecular weight excluding hydrogens is 505 g/mol. The summed E-state index contributed by atoms with van der Waals surface area (Å²) in [5.41, 5.74) is 2.92. The maximum absolute atomic E-state index is 14.7. The second kappa shape index (κ2) is 12.7. The van der Waals surface area contributed by atoms with E-state index in [1.807, 2.05) is 43.3 Å². The molecule has 7 nitrogen and oxygen atoms in total. The van der Waals surface area contributed by atoms with Crippen molar-refractivity contribution in [2.24, 2.45) is 0 Å². The number of amides is 2. The van der Waals surface area contributed by atoms with Gasteiger partial charge in [-0.3, -0.25) is 13.9 Å². The van der Waals surface area contributed by atoms with Crippen LogP contribution in [0.2, 0.25) is 0 Å². The predicted octanol–water partition coefficient (Wildman–Crippen LogP) is 3.98. The van der Waals surface area contributed by atoms with E-state index in [2.05, 4.69) is 5.32 Å². The van der Waals surface area contributed by atoms with Gasteiger partial charge < -0.3 is 10.2 Å². The van der Waals surface area contributed by atoms with Crippen LogP contribution in [-0.2, 0) is 32.6 Å². The zero-order chi connectivity index (χ0) is 27.9. The lowest BCUT2D eigenvalue weighted by Crippen LogP contribution is -2.53. The zero-order valence-electron chi connectivity index (χ0n) is 22.1. The summed E-state index contributed by atoms with van der Waals surface area (Å²) in [5.74, 6) is -1.54. The number of rotatable bonds is 11. The summed E-state index contributed by atoms with van der Waals surface area (Å²) in [6.07, 6.45) is 1.21. The standard InChI is InChI=1S/C29H34FN3O4S/c1-5-31-29(35)27(18-23-11-7-6-8-12-23)32(19-24-13-9-10-14-25(24)30)28(34)20-33(38(4,36)37)26-17-21(2)15-16-22(26)3/h6-17,27H,5,18-20H2,1-4H3,(H,31,35). The van der Waals surface area contributed by atoms with Crippen LogP contribution in [0.5, 0.6) is 0 Å². The first-order valence-corrected chi connectivity index (χ1v) is 14.3. The van der Waals surface area contributed by atoms with Crippen LogP contribution in [0, 0.1) is 19.7 Å². The molecule has 2 amide bonds. The van der Waals surface area contributed by atoms with E-state index in [4.69, 9.17) is 0 Å². The molecule has 1 N–H and O–H groups in total. The second-order valence-electron chi connectivity index (χ2n) is 9.27. The maximum atomic E-state index is 14.7. The van der Waals surface area contributed by atoms with Gasteiger partial charge in [-0.25, -0.2) is 12.8 Å². The number of nitrogens with one attached hydrogen (secondary N) is 1. The summed E-state index contributed by atoms with van der Waals surface area (Å²) >= 11 is 0. The first-order chi connectivity index (χ1) is 18.0. The van der Waals surface area contributed by atoms with Gasteiger partial charge in [0.2, 0.25) is 21.8 Å². The minimum atomic E-state index is -3.87. The lowest BCUT2D eigenvalue weighted by Gasteiger charge is -2.33. The summed E-state index contributed by atoms with van der Waals surface area (Å²) in [6.45, 7) is 4.96. The number of benzene rings is 3. The largest absolute Gasteiger partial charge is 0.355 e. The van der Waals surface area contributed by atoms with E-state index in [1.165, 1.54) is 11.0 Å². The van der Waals surface area contributed by atoms with Crippen molar-refractivity contribution in [3.05, 3.63) is 101 Å². The van der Waals surface area contributed by atoms with Crippen molar-refractivity contribution >= 4 is 27.5 Å². The Morgan fingerprint density at radius 3 is 2.26 bits per heavy atom. The number of carbonyl (C=O) groups excluding carboxylic acids is 2. The van der Waals surface area contributed by atoms with E-state index >= 15 is 0 Å². The number of sulfonamides is 1. The highest BCUT2D eigenvalue weighted by Crippen LogP contribution is 2.25. The Labute approximate surface area is 224 Å². The molecule has 1 atom stereocenters. The highest BCUT2D eigenvalue weighted by molar-refractivity contribution is 7.92. The maximum Gasteiger partial charge on any atom is 0.244 e. The van der Waals surface area contributed by atoms with Crippen LogP contribution in [0.1, 0.15) is 29.2 Å². The number of aryl methyl sites for hydroxylation is 2. The average molecular weight is 540 g/mol. The van der Waals surface area contributed by atoms with Crippen molar-refractivity contribution in [1.29, 1.82) is 0 Å². The van der Waals surface area contributed by atoms with Crippen molar-refractivity contribution in [2.45, 2.75) is 39.8 Å². The van der Waals surface area contributed by atoms with Gasteiger partial charge in [0.25, 0.3) is 0 Å². The molecule has 3 rings (SSSR count). The summed E-state index contributed by atoms with van der Waals surface area (Å²) in [6, 6.07) is 19.6. The molecule has 0 bridgehead atoms. The number of hydrogen-bond acceptors (Lipinski definition) is 4. The number of likely N-dealkylation sites (N-methyl/N-ethyl adjacent to an activating group) is 1. The minimum Gasteiger partial charge on any atom is -0.355 e. The quantitative estimate of drug-likeness (QED) is 0.399. The SMILES string of the molecule is CCNC(=O)C(Cc1ccccc1)N(Cc1ccccc1F)C(=O)CN(c1cc(C)ccc1C)S(C)(=O)=O. The van der Waals surface area contributed by atoms with E-state index < -0.39 is 40.2 Å². The molecule has 1 unspecified atom stereocenters. The van der Waals surface area contributed by atoms with Crippen molar-refractivity contribution in [2.75, 3.05) is 23.7 Å². The van der Waals surface area contributed by atoms with E-state index in [1.54, 1.807) is 44.2 Å². The molecule has 38 heavy (non-hydrogen) atoms. The molecule has 0 saturated carbocycles. The van der Waals surface area contributed by atoms with Gasteiger partial charge in [-0.1, -0.05) is 60.7 Å². The fraction of sp³-hybridized carbons (Fsp3) is 0.310. The Kier molecular flexibility index (Phi) is 9.63. The predicted molar refractivity (Wildman–Crippen MR) is 148 cm³/mol. The summed E-state index contributed by atoms with van der Waals surface area (Å²) in [5, 5.41) is 2.78. The van der Waals surface area contributed by atoms with Crippen LogP contribution >= 0.6 is 0 Å². The highest BCUT2D eigenvalue weighted by Gasteiger charge is 2.33. The monoisotopic (exact) mass is 539 g/mol. The molecule has 0 aromatic heterocycles. The third-order valence-electron chi connectivity index (χ3n) is 6.23. The summed E-state index contributed by atoms with van der Waals surface area (Å²) in [7, 11) is -3.87. The van der Waals surface area contributed by atoms with Gasteiger partial charge in [-0.05, 0) is 49.6 Å². The van der Waals surface area contributed by atoms with Gasteiger partial charge in [0.05, 0.1) is 11.9 Å². The van der Waals surface area contributed by atoms with Gasteiger partial charge in [0, 0.05) is 25.1 Å². The fourth-order valence-corrected chi connectivity index (χ4v) is 5.14. The van der Waals surface area contributed by atoms with Gasteiger partial charge in [-0.15, -0.1) is 0 Å². The molecule has 0 radical (unpaired) electrons. The van der Waals surface area contributed by atoms with Crippen LogP contribution in [0.3, 0.4) is 0 Å². The van der Waals surface area contributed by atoms with Crippen molar-refractivity contribution < 1.29 is 22.4 Å². The van der Waals surface area contributed by atoms with Crippen molar-refractivity contribution in [3.63, 3.8) is 0 Å². The van der Waals surface area contributed by atoms with Crippen LogP contribution in [0.25, 0.3) is 0 Å². The van der Waals surface area contributed by atoms with Gasteiger partial charge >= 0.3 is 0 Å². The van der Waals surface area contributed by atoms with Gasteiger partial charge in [0.15, 0.2) is 0 Å². The van der Waals surface area contributed by atoms with Crippen LogP contribution in [0.4, 0.5) is 10.1 Å². The van der Waals surface area contributed by atoms with Gasteiger partial charge in [-0.2, -0.15) is 0 Å². The zero-order valence-corrected chi connectivity index (χ0v) is 23.0. The molecule has 202 valence electrons. The number of nitrogens with zero attached hydrogens (tertiary/aromatic N) is 2. The Morgan fingerprint density at radius 1 is 0.974 bits per heavy atom. The smallest absolute Gasteiger partial charge is 0.244 e. The first kappa shape index (κ1) is 28.8. The Hall–Kier alpha value is -3.72. The Balaban J connectivity index is 2.08. The Morgan fingerprint density at radius 2 is 1.63 bits per heavy atom. The van der Waals surface area contributed by atoms with Gasteiger partial charge in [0.1, 0.15) is 18.4 Å². The molecule has 0 aliphatic carbocycles. The topological polar surface area (TPSA) is 86.8 Å². The molecular formula is C29H34FN3O4S. The summed E-state index contributed by atoms with van der Waals surface area (Å²) in [4.78, 5) is 28.5. The molecule has 0 heterocycles. The normalized spacial score (nSPS) is 12.0. The number of anilines is 1. The molecule has 0 aliphatic rings. The fourth-order valence-electron chi connectivity index (χ4n) is 4.24. The van der Waals surface area contributed by atoms with Crippen molar-refractivity contribution in [3.8, 4) is 0 Å². The van der Waals surface area contributed by atoms with E-state index in [9.17, 15) is 22.4 Å². The molecule has 3 aromatic rings. The molecule has 0 spiro atoms. The van der Waals surface area contributed by atoms with E-state index in [0.29, 0.717) is 17.8 Å². The van der Waals surface area contributed by atoms with E-state index in [0.717, 1.165) is 21.7 Å². The van der Waals surface area contributed by atoms with E-state index in [-0.39, 0.29) is 18.5 Å². The third-order valence-corrected chi connectivity index (χ3v) is 7.36. The second-order valence-corrected chi connectivity index (χ2v) is 11.2. The minimum absolute atomic E-state index is 0.176. The van der Waals surface area contributed by atoms with Crippen molar-refractivity contribution in [1.82, 2.24) is 10.2 Å². The molecule has 3 aromatic carbocycles. The number of halogens is 1. The van der Waals surface area contributed by atoms with Crippen LogP contribution in [0.15, 0.2) is 72.8 Å².